The Bertz CT molecular complexity index is 3670. The van der Waals surface area contributed by atoms with Gasteiger partial charge in [-0.3, -0.25) is 0 Å². The Morgan fingerprint density at radius 1 is 0.409 bits per heavy atom. The highest BCUT2D eigenvalue weighted by Crippen LogP contribution is 2.58. The lowest BCUT2D eigenvalue weighted by Gasteiger charge is -2.12. The van der Waals surface area contributed by atoms with Gasteiger partial charge in [0.1, 0.15) is 12.1 Å². The van der Waals surface area contributed by atoms with Crippen molar-refractivity contribution >= 4 is 22.5 Å². The van der Waals surface area contributed by atoms with E-state index in [-0.39, 0.29) is 0 Å². The monoisotopic (exact) mass is 912 g/mol. The summed E-state index contributed by atoms with van der Waals surface area (Å²) in [6.45, 7) is 15.0. The van der Waals surface area contributed by atoms with Crippen molar-refractivity contribution in [1.29, 1.82) is 21.0 Å². The molecule has 1 aliphatic rings. The number of rotatable bonds is 6. The molecule has 6 nitrogen and oxygen atoms in total. The number of benzene rings is 6. The van der Waals surface area contributed by atoms with Crippen molar-refractivity contribution in [2.45, 2.75) is 0 Å². The Hall–Kier alpha value is -9.36. The van der Waals surface area contributed by atoms with E-state index in [1.54, 1.807) is 0 Å². The first-order valence-electron chi connectivity index (χ1n) is 23.1. The molecule has 0 bridgehead atoms. The molecular formula is C48H12F12N6. The standard InChI is InChI=1S/C48H12F12N6/c1-65-24-13-11-23(12-14-24)29-38(51)44(57)33(45(58)39(29)52)26(18-64)31-30(25(17-63)32-42(55)36(49)27(37(50)43(32)56)21-7-3-19(15-61)4-8-21)34(31)48(66-2)35-46(59)40(53)28(41(54)47(35)60)22-9-5-20(16-62)6-10-22/h3-14H/b30-25+,31-26-,48-34-/i3D,4D,5D,6D,7D,8D,9D,10D,11D,12D,13D,14D. The van der Waals surface area contributed by atoms with Crippen LogP contribution in [0.4, 0.5) is 58.4 Å². The van der Waals surface area contributed by atoms with E-state index in [0.29, 0.717) is 0 Å². The summed E-state index contributed by atoms with van der Waals surface area (Å²) in [5, 5.41) is 39.5. The summed E-state index contributed by atoms with van der Waals surface area (Å²) in [6, 6.07) is -12.4. The molecule has 0 radical (unpaired) electrons. The van der Waals surface area contributed by atoms with Crippen LogP contribution in [0.1, 0.15) is 44.3 Å². The Morgan fingerprint density at radius 2 is 0.697 bits per heavy atom. The average Bonchev–Trinajstić information content (AvgIpc) is 4.33. The number of halogens is 12. The van der Waals surface area contributed by atoms with E-state index in [2.05, 4.69) is 9.69 Å². The van der Waals surface area contributed by atoms with Crippen molar-refractivity contribution in [2.24, 2.45) is 0 Å². The highest BCUT2D eigenvalue weighted by Gasteiger charge is 2.46. The summed E-state index contributed by atoms with van der Waals surface area (Å²) in [6.07, 6.45) is 0. The third kappa shape index (κ3) is 6.93. The topological polar surface area (TPSA) is 104 Å². The van der Waals surface area contributed by atoms with Gasteiger partial charge in [0.25, 0.3) is 0 Å². The van der Waals surface area contributed by atoms with Gasteiger partial charge in [0.05, 0.1) is 94.6 Å². The van der Waals surface area contributed by atoms with E-state index in [4.69, 9.17) is 29.6 Å². The first-order valence-corrected chi connectivity index (χ1v) is 17.1. The highest BCUT2D eigenvalue weighted by molar-refractivity contribution is 6.11. The quantitative estimate of drug-likeness (QED) is 0.0718. The van der Waals surface area contributed by atoms with Gasteiger partial charge in [-0.25, -0.2) is 62.4 Å². The van der Waals surface area contributed by atoms with Gasteiger partial charge in [0.15, 0.2) is 75.5 Å². The molecule has 7 rings (SSSR count). The summed E-state index contributed by atoms with van der Waals surface area (Å²) in [5.41, 5.74) is -32.2. The summed E-state index contributed by atoms with van der Waals surface area (Å²) >= 11 is 0. The minimum absolute atomic E-state index is 0.928. The van der Waals surface area contributed by atoms with E-state index < -0.39 is 243 Å². The number of hydrogen-bond donors (Lipinski definition) is 0. The molecule has 1 saturated carbocycles. The molecule has 0 saturated heterocycles. The second-order valence-electron chi connectivity index (χ2n) is 12.6. The normalized spacial score (nSPS) is 16.5. The molecule has 0 heterocycles. The lowest BCUT2D eigenvalue weighted by molar-refractivity contribution is 0.455. The molecule has 0 aromatic heterocycles. The van der Waals surface area contributed by atoms with Crippen LogP contribution in [-0.4, -0.2) is 0 Å². The summed E-state index contributed by atoms with van der Waals surface area (Å²) in [7, 11) is 0. The van der Waals surface area contributed by atoms with Crippen LogP contribution < -0.4 is 0 Å². The smallest absolute Gasteiger partial charge is 0.208 e. The van der Waals surface area contributed by atoms with Crippen LogP contribution >= 0.6 is 0 Å². The predicted octanol–water partition coefficient (Wildman–Crippen LogP) is 13.2. The largest absolute Gasteiger partial charge is 0.238 e. The van der Waals surface area contributed by atoms with E-state index in [1.165, 1.54) is 12.1 Å². The average molecular weight is 913 g/mol. The fraction of sp³-hybridized carbons (Fsp3) is 0. The predicted molar refractivity (Wildman–Crippen MR) is 209 cm³/mol. The maximum atomic E-state index is 16.5. The van der Waals surface area contributed by atoms with Crippen molar-refractivity contribution < 1.29 is 69.1 Å². The Labute approximate surface area is 380 Å². The minimum atomic E-state index is -2.80. The zero-order valence-electron chi connectivity index (χ0n) is 43.2. The van der Waals surface area contributed by atoms with Crippen molar-refractivity contribution in [1.82, 2.24) is 0 Å². The van der Waals surface area contributed by atoms with Gasteiger partial charge in [0, 0.05) is 2.74 Å². The Balaban J connectivity index is 1.68. The van der Waals surface area contributed by atoms with E-state index >= 15 is 52.7 Å². The highest BCUT2D eigenvalue weighted by atomic mass is 19.2. The second-order valence-corrected chi connectivity index (χ2v) is 12.6. The van der Waals surface area contributed by atoms with Crippen LogP contribution in [0.25, 0.3) is 59.9 Å². The molecule has 6 aromatic rings. The molecule has 318 valence electrons. The van der Waals surface area contributed by atoms with Crippen LogP contribution in [0.5, 0.6) is 0 Å². The van der Waals surface area contributed by atoms with Crippen molar-refractivity contribution in [3.05, 3.63) is 210 Å². The number of hydrogen-bond acceptors (Lipinski definition) is 4. The molecule has 0 spiro atoms. The Kier molecular flexibility index (Phi) is 8.14. The van der Waals surface area contributed by atoms with Gasteiger partial charge in [-0.1, -0.05) is 48.3 Å². The maximum absolute atomic E-state index is 16.5. The third-order valence-electron chi connectivity index (χ3n) is 9.23. The molecule has 0 aliphatic heterocycles. The Morgan fingerprint density at radius 3 is 0.955 bits per heavy atom. The van der Waals surface area contributed by atoms with Crippen LogP contribution in [0.2, 0.25) is 0 Å². The van der Waals surface area contributed by atoms with Crippen LogP contribution in [0.15, 0.2) is 89.2 Å². The molecule has 0 atom stereocenters. The number of nitriles is 4. The SMILES string of the molecule is [2H]c1c([2H])c(-c2c(F)c(F)c(/C(C#N)=C3/C(=C(/[N+]#[C-])c4c(F)c(F)c(-c5c([2H])c([2H])c(C#N)c([2H])c5[2H])c(F)c4F)/C3=C(/C#N)c3c(F)c(F)c(-c4c([2H])c([2H])c([N+]#[C-])c([2H])c4[2H])c(F)c3F)c(F)c2F)c([2H])c([2H])c1C#N. The summed E-state index contributed by atoms with van der Waals surface area (Å²) in [5.74, 6) is -33.0. The first-order chi connectivity index (χ1) is 36.5. The zero-order chi connectivity index (χ0) is 58.5. The second kappa shape index (κ2) is 17.1. The lowest BCUT2D eigenvalue weighted by Crippen LogP contribution is -2.06. The molecule has 66 heavy (non-hydrogen) atoms. The third-order valence-corrected chi connectivity index (χ3v) is 9.23. The van der Waals surface area contributed by atoms with Crippen molar-refractivity contribution in [2.75, 3.05) is 0 Å². The molecular weight excluding hydrogens is 889 g/mol. The lowest BCUT2D eigenvalue weighted by atomic mass is 9.95. The van der Waals surface area contributed by atoms with Gasteiger partial charge in [-0.15, -0.1) is 0 Å². The number of nitrogens with zero attached hydrogens (tertiary/aromatic N) is 6. The fourth-order valence-electron chi connectivity index (χ4n) is 6.31. The van der Waals surface area contributed by atoms with Crippen LogP contribution in [-0.2, 0) is 0 Å². The molecule has 1 aliphatic carbocycles. The first kappa shape index (κ1) is 31.5. The summed E-state index contributed by atoms with van der Waals surface area (Å²) in [4.78, 5) is 5.44. The molecule has 18 heteroatoms. The van der Waals surface area contributed by atoms with Crippen molar-refractivity contribution in [3.8, 4) is 57.7 Å². The summed E-state index contributed by atoms with van der Waals surface area (Å²) < 4.78 is 294. The number of allylic oxidation sites excluding steroid dienone is 5. The van der Waals surface area contributed by atoms with Crippen molar-refractivity contribution in [3.63, 3.8) is 0 Å². The molecule has 0 N–H and O–H groups in total. The zero-order valence-corrected chi connectivity index (χ0v) is 31.2. The molecule has 0 amide bonds. The van der Waals surface area contributed by atoms with E-state index in [9.17, 15) is 21.0 Å². The van der Waals surface area contributed by atoms with Crippen LogP contribution in [0, 0.1) is 128 Å². The molecule has 6 aromatic carbocycles. The van der Waals surface area contributed by atoms with Gasteiger partial charge in [-0.05, 0) is 57.6 Å². The minimum Gasteiger partial charge on any atom is -0.238 e. The van der Waals surface area contributed by atoms with Gasteiger partial charge >= 0.3 is 0 Å². The van der Waals surface area contributed by atoms with E-state index in [0.717, 1.165) is 12.1 Å². The van der Waals surface area contributed by atoms with Crippen LogP contribution in [0.3, 0.4) is 0 Å². The fourth-order valence-corrected chi connectivity index (χ4v) is 6.31. The van der Waals surface area contributed by atoms with Gasteiger partial charge in [-0.2, -0.15) is 21.0 Å². The van der Waals surface area contributed by atoms with Gasteiger partial charge < -0.3 is 0 Å². The molecule has 1 fully saturated rings. The molecule has 0 unspecified atom stereocenters. The maximum Gasteiger partial charge on any atom is 0.208 e. The van der Waals surface area contributed by atoms with E-state index in [1.807, 2.05) is 0 Å². The van der Waals surface area contributed by atoms with Gasteiger partial charge in [0.2, 0.25) is 5.70 Å².